The number of hydrogen-bond donors (Lipinski definition) is 1. The van der Waals surface area contributed by atoms with Gasteiger partial charge in [0.05, 0.1) is 18.6 Å². The van der Waals surface area contributed by atoms with Crippen LogP contribution in [0.2, 0.25) is 0 Å². The van der Waals surface area contributed by atoms with E-state index in [0.717, 1.165) is 11.8 Å². The van der Waals surface area contributed by atoms with Crippen LogP contribution in [0.5, 0.6) is 5.75 Å². The van der Waals surface area contributed by atoms with Crippen LogP contribution in [0.4, 0.5) is 10.1 Å². The van der Waals surface area contributed by atoms with Crippen LogP contribution in [0.3, 0.4) is 0 Å². The van der Waals surface area contributed by atoms with E-state index < -0.39 is 0 Å². The molecule has 1 amide bonds. The molecule has 2 aromatic rings. The number of thioether (sulfide) groups is 1. The highest BCUT2D eigenvalue weighted by Crippen LogP contribution is 2.25. The Labute approximate surface area is 121 Å². The van der Waals surface area contributed by atoms with E-state index in [1.807, 2.05) is 12.1 Å². The summed E-state index contributed by atoms with van der Waals surface area (Å²) in [6.07, 6.45) is 0. The first-order valence-corrected chi connectivity index (χ1v) is 6.99. The predicted molar refractivity (Wildman–Crippen MR) is 78.7 cm³/mol. The van der Waals surface area contributed by atoms with Crippen molar-refractivity contribution in [2.45, 2.75) is 4.90 Å². The van der Waals surface area contributed by atoms with Gasteiger partial charge in [-0.15, -0.1) is 11.8 Å². The molecule has 0 spiro atoms. The zero-order valence-electron chi connectivity index (χ0n) is 10.9. The first-order valence-electron chi connectivity index (χ1n) is 6.01. The smallest absolute Gasteiger partial charge is 0.234 e. The molecule has 0 atom stereocenters. The Bertz CT molecular complexity index is 604. The lowest BCUT2D eigenvalue weighted by atomic mass is 10.3. The van der Waals surface area contributed by atoms with Gasteiger partial charge >= 0.3 is 0 Å². The largest absolute Gasteiger partial charge is 0.495 e. The molecule has 0 unspecified atom stereocenters. The van der Waals surface area contributed by atoms with Crippen molar-refractivity contribution in [3.05, 3.63) is 54.3 Å². The number of carbonyl (C=O) groups excluding carboxylic acids is 1. The van der Waals surface area contributed by atoms with Gasteiger partial charge in [-0.1, -0.05) is 24.3 Å². The summed E-state index contributed by atoms with van der Waals surface area (Å²) in [6, 6.07) is 13.5. The lowest BCUT2D eigenvalue weighted by Crippen LogP contribution is -2.14. The summed E-state index contributed by atoms with van der Waals surface area (Å²) in [5, 5.41) is 2.74. The molecule has 3 nitrogen and oxygen atoms in total. The molecule has 5 heteroatoms. The summed E-state index contributed by atoms with van der Waals surface area (Å²) < 4.78 is 18.6. The van der Waals surface area contributed by atoms with E-state index in [9.17, 15) is 9.18 Å². The number of hydrogen-bond acceptors (Lipinski definition) is 3. The molecule has 0 fully saturated rings. The van der Waals surface area contributed by atoms with Crippen molar-refractivity contribution in [2.24, 2.45) is 0 Å². The maximum atomic E-state index is 13.4. The van der Waals surface area contributed by atoms with E-state index >= 15 is 0 Å². The van der Waals surface area contributed by atoms with Gasteiger partial charge in [0.1, 0.15) is 11.6 Å². The molecule has 104 valence electrons. The Morgan fingerprint density at radius 1 is 1.20 bits per heavy atom. The second-order valence-corrected chi connectivity index (χ2v) is 4.98. The van der Waals surface area contributed by atoms with Crippen LogP contribution in [0.15, 0.2) is 53.4 Å². The zero-order valence-corrected chi connectivity index (χ0v) is 11.7. The molecule has 0 saturated heterocycles. The molecule has 1 N–H and O–H groups in total. The topological polar surface area (TPSA) is 38.3 Å². The maximum absolute atomic E-state index is 13.4. The third-order valence-corrected chi connectivity index (χ3v) is 3.63. The van der Waals surface area contributed by atoms with Gasteiger partial charge in [0.25, 0.3) is 0 Å². The Morgan fingerprint density at radius 3 is 2.65 bits per heavy atom. The highest BCUT2D eigenvalue weighted by molar-refractivity contribution is 8.00. The number of carbonyl (C=O) groups is 1. The Kier molecular flexibility index (Phi) is 5.01. The zero-order chi connectivity index (χ0) is 14.4. The maximum Gasteiger partial charge on any atom is 0.234 e. The monoisotopic (exact) mass is 291 g/mol. The molecule has 0 aromatic heterocycles. The molecule has 0 aliphatic carbocycles. The third kappa shape index (κ3) is 3.74. The molecule has 20 heavy (non-hydrogen) atoms. The molecular formula is C15H14FNO2S. The van der Waals surface area contributed by atoms with Gasteiger partial charge in [-0.2, -0.15) is 0 Å². The van der Waals surface area contributed by atoms with Gasteiger partial charge < -0.3 is 10.1 Å². The first-order chi connectivity index (χ1) is 9.70. The van der Waals surface area contributed by atoms with E-state index in [-0.39, 0.29) is 17.5 Å². The average molecular weight is 291 g/mol. The lowest BCUT2D eigenvalue weighted by Gasteiger charge is -2.09. The minimum atomic E-state index is -0.317. The lowest BCUT2D eigenvalue weighted by molar-refractivity contribution is -0.113. The number of anilines is 1. The van der Waals surface area contributed by atoms with Crippen molar-refractivity contribution in [3.8, 4) is 5.75 Å². The molecule has 0 bridgehead atoms. The van der Waals surface area contributed by atoms with Gasteiger partial charge in [-0.3, -0.25) is 4.79 Å². The molecule has 0 heterocycles. The second-order valence-electron chi connectivity index (χ2n) is 3.97. The third-order valence-electron chi connectivity index (χ3n) is 2.58. The van der Waals surface area contributed by atoms with E-state index in [0.29, 0.717) is 16.3 Å². The molecule has 0 saturated carbocycles. The van der Waals surface area contributed by atoms with Crippen molar-refractivity contribution in [3.63, 3.8) is 0 Å². The number of para-hydroxylation sites is 2. The molecule has 2 aromatic carbocycles. The van der Waals surface area contributed by atoms with E-state index in [1.54, 1.807) is 37.4 Å². The van der Waals surface area contributed by atoms with Gasteiger partial charge in [-0.05, 0) is 24.3 Å². The van der Waals surface area contributed by atoms with Crippen LogP contribution in [-0.2, 0) is 4.79 Å². The van der Waals surface area contributed by atoms with E-state index in [1.165, 1.54) is 6.07 Å². The molecule has 0 aliphatic heterocycles. The van der Waals surface area contributed by atoms with Crippen LogP contribution in [0.1, 0.15) is 0 Å². The van der Waals surface area contributed by atoms with Crippen LogP contribution in [-0.4, -0.2) is 18.8 Å². The van der Waals surface area contributed by atoms with Gasteiger partial charge in [0.15, 0.2) is 0 Å². The summed E-state index contributed by atoms with van der Waals surface area (Å²) in [5.74, 6) is 0.209. The number of benzene rings is 2. The van der Waals surface area contributed by atoms with Crippen molar-refractivity contribution in [2.75, 3.05) is 18.2 Å². The summed E-state index contributed by atoms with van der Waals surface area (Å²) >= 11 is 1.16. The molecule has 2 rings (SSSR count). The normalized spacial score (nSPS) is 10.1. The van der Waals surface area contributed by atoms with E-state index in [4.69, 9.17) is 4.74 Å². The van der Waals surface area contributed by atoms with Crippen LogP contribution in [0.25, 0.3) is 0 Å². The Morgan fingerprint density at radius 2 is 1.90 bits per heavy atom. The number of methoxy groups -OCH3 is 1. The fourth-order valence-electron chi connectivity index (χ4n) is 1.64. The summed E-state index contributed by atoms with van der Waals surface area (Å²) in [4.78, 5) is 12.3. The number of nitrogens with one attached hydrogen (secondary N) is 1. The second kappa shape index (κ2) is 6.96. The van der Waals surface area contributed by atoms with Gasteiger partial charge in [-0.25, -0.2) is 4.39 Å². The number of amides is 1. The highest BCUT2D eigenvalue weighted by Gasteiger charge is 2.09. The minimum absolute atomic E-state index is 0.138. The number of ether oxygens (including phenoxy) is 1. The van der Waals surface area contributed by atoms with Crippen LogP contribution in [0, 0.1) is 5.82 Å². The SMILES string of the molecule is COc1ccccc1NC(=O)CSc1ccccc1F. The standard InChI is InChI=1S/C15H14FNO2S/c1-19-13-8-4-3-7-12(13)17-15(18)10-20-14-9-5-2-6-11(14)16/h2-9H,10H2,1H3,(H,17,18). The van der Waals surface area contributed by atoms with Gasteiger partial charge in [0, 0.05) is 4.90 Å². The highest BCUT2D eigenvalue weighted by atomic mass is 32.2. The van der Waals surface area contributed by atoms with Gasteiger partial charge in [0.2, 0.25) is 5.91 Å². The predicted octanol–water partition coefficient (Wildman–Crippen LogP) is 3.57. The van der Waals surface area contributed by atoms with Crippen LogP contribution >= 0.6 is 11.8 Å². The van der Waals surface area contributed by atoms with E-state index in [2.05, 4.69) is 5.32 Å². The fraction of sp³-hybridized carbons (Fsp3) is 0.133. The van der Waals surface area contributed by atoms with Crippen molar-refractivity contribution in [1.29, 1.82) is 0 Å². The fourth-order valence-corrected chi connectivity index (χ4v) is 2.38. The number of rotatable bonds is 5. The Hall–Kier alpha value is -2.01. The quantitative estimate of drug-likeness (QED) is 0.856. The minimum Gasteiger partial charge on any atom is -0.495 e. The Balaban J connectivity index is 1.95. The summed E-state index contributed by atoms with van der Waals surface area (Å²) in [6.45, 7) is 0. The summed E-state index contributed by atoms with van der Waals surface area (Å²) in [7, 11) is 1.54. The molecule has 0 aliphatic rings. The molecular weight excluding hydrogens is 277 g/mol. The average Bonchev–Trinajstić information content (AvgIpc) is 2.47. The summed E-state index contributed by atoms with van der Waals surface area (Å²) in [5.41, 5.74) is 0.606. The first kappa shape index (κ1) is 14.4. The molecule has 0 radical (unpaired) electrons. The van der Waals surface area contributed by atoms with Crippen LogP contribution < -0.4 is 10.1 Å². The van der Waals surface area contributed by atoms with Crippen molar-refractivity contribution >= 4 is 23.4 Å². The van der Waals surface area contributed by atoms with Crippen molar-refractivity contribution < 1.29 is 13.9 Å². The van der Waals surface area contributed by atoms with Crippen molar-refractivity contribution in [1.82, 2.24) is 0 Å². The number of halogens is 1.